The first-order chi connectivity index (χ1) is 32.9. The minimum atomic E-state index is -2.23. The summed E-state index contributed by atoms with van der Waals surface area (Å²) in [5.74, 6) is -4.45. The Bertz CT molecular complexity index is 2570. The highest BCUT2D eigenvalue weighted by atomic mass is 16.6. The summed E-state index contributed by atoms with van der Waals surface area (Å²) in [5.41, 5.74) is -5.78. The van der Waals surface area contributed by atoms with E-state index in [-0.39, 0.29) is 29.9 Å². The molecule has 1 unspecified atom stereocenters. The predicted octanol–water partition coefficient (Wildman–Crippen LogP) is 7.22. The Balaban J connectivity index is 1.29. The van der Waals surface area contributed by atoms with E-state index in [1.54, 1.807) is 133 Å². The van der Waals surface area contributed by atoms with Crippen LogP contribution in [0.3, 0.4) is 0 Å². The van der Waals surface area contributed by atoms with Crippen molar-refractivity contribution in [3.63, 3.8) is 0 Å². The lowest BCUT2D eigenvalue weighted by Crippen LogP contribution is -2.82. The summed E-state index contributed by atoms with van der Waals surface area (Å²) in [6.45, 7) is 14.4. The first kappa shape index (κ1) is 50.6. The van der Waals surface area contributed by atoms with Gasteiger partial charge in [-0.05, 0) is 70.4 Å². The van der Waals surface area contributed by atoms with Crippen molar-refractivity contribution < 1.29 is 71.8 Å². The molecule has 2 saturated carbocycles. The number of Topliss-reactive ketones (excluding diaryl/α,β-unsaturated/α-hetero) is 2. The van der Waals surface area contributed by atoms with E-state index in [9.17, 15) is 24.3 Å². The molecule has 1 amide bonds. The van der Waals surface area contributed by atoms with Gasteiger partial charge in [0.1, 0.15) is 41.7 Å². The molecule has 16 heteroatoms. The molecule has 1 N–H and O–H groups in total. The Kier molecular flexibility index (Phi) is 13.3. The Morgan fingerprint density at radius 1 is 0.814 bits per heavy atom. The van der Waals surface area contributed by atoms with Gasteiger partial charge in [-0.15, -0.1) is 0 Å². The molecule has 2 aliphatic heterocycles. The smallest absolute Gasteiger partial charge is 0.413 e. The topological polar surface area (TPSA) is 200 Å². The molecule has 2 heterocycles. The van der Waals surface area contributed by atoms with E-state index < -0.39 is 119 Å². The SMILES string of the molecule is CO[C@H]1C(=O)[C@]2(C)[C@@H](OC)C[C@H]3OC[C@@]3(OC(C)=O)[C@H]2[C@H](OC(=O)c2ccccc2)[C@]2(O)C[C@H](OC(=O)[C@@H]3OC(c4ccc(C(C)=O)cc4)N(C(=O)OC(C)(C)C)[C@H]3c3ccccc3)C(C)=C1C2(C)C. The number of benzene rings is 3. The molecule has 374 valence electrons. The third-order valence-corrected chi connectivity index (χ3v) is 15.3. The van der Waals surface area contributed by atoms with Crippen molar-refractivity contribution in [1.82, 2.24) is 4.90 Å². The van der Waals surface area contributed by atoms with Crippen LogP contribution < -0.4 is 0 Å². The monoisotopic (exact) mass is 965 g/mol. The number of esters is 3. The van der Waals surface area contributed by atoms with Crippen LogP contribution in [-0.2, 0) is 52.3 Å². The number of hydrogen-bond acceptors (Lipinski definition) is 15. The van der Waals surface area contributed by atoms with E-state index in [1.165, 1.54) is 33.0 Å². The number of rotatable bonds is 10. The highest BCUT2D eigenvalue weighted by molar-refractivity contribution is 5.95. The maximum absolute atomic E-state index is 15.8. The van der Waals surface area contributed by atoms with Gasteiger partial charge in [-0.1, -0.05) is 86.6 Å². The van der Waals surface area contributed by atoms with Gasteiger partial charge in [0.25, 0.3) is 0 Å². The van der Waals surface area contributed by atoms with Crippen molar-refractivity contribution >= 4 is 35.6 Å². The predicted molar refractivity (Wildman–Crippen MR) is 250 cm³/mol. The highest BCUT2D eigenvalue weighted by Crippen LogP contribution is 2.65. The molecule has 3 aliphatic carbocycles. The molecule has 3 aromatic carbocycles. The molecule has 0 aromatic heterocycles. The number of fused-ring (bicyclic) bond motifs is 5. The molecule has 2 saturated heterocycles. The summed E-state index contributed by atoms with van der Waals surface area (Å²) < 4.78 is 50.4. The molecular weight excluding hydrogens is 903 g/mol. The third kappa shape index (κ3) is 8.24. The van der Waals surface area contributed by atoms with Crippen molar-refractivity contribution in [1.29, 1.82) is 0 Å². The number of aliphatic hydroxyl groups is 1. The van der Waals surface area contributed by atoms with Crippen LogP contribution in [0.15, 0.2) is 96.1 Å². The van der Waals surface area contributed by atoms with Gasteiger partial charge in [0.15, 0.2) is 29.5 Å². The lowest BCUT2D eigenvalue weighted by Gasteiger charge is -2.67. The number of methoxy groups -OCH3 is 2. The maximum atomic E-state index is 15.8. The Morgan fingerprint density at radius 2 is 1.44 bits per heavy atom. The van der Waals surface area contributed by atoms with Crippen LogP contribution in [0.4, 0.5) is 4.79 Å². The minimum Gasteiger partial charge on any atom is -0.456 e. The molecule has 4 fully saturated rings. The Labute approximate surface area is 407 Å². The number of ketones is 2. The van der Waals surface area contributed by atoms with Gasteiger partial charge in [-0.25, -0.2) is 14.4 Å². The van der Waals surface area contributed by atoms with Crippen LogP contribution in [0.25, 0.3) is 0 Å². The van der Waals surface area contributed by atoms with E-state index in [1.807, 2.05) is 0 Å². The van der Waals surface area contributed by atoms with Gasteiger partial charge in [0.05, 0.1) is 29.6 Å². The largest absolute Gasteiger partial charge is 0.456 e. The molecule has 5 aliphatic rings. The molecular formula is C54H63NO15. The van der Waals surface area contributed by atoms with Crippen molar-refractivity contribution in [3.05, 3.63) is 118 Å². The third-order valence-electron chi connectivity index (χ3n) is 15.3. The fraction of sp³-hybridized carbons (Fsp3) is 0.519. The van der Waals surface area contributed by atoms with Crippen molar-refractivity contribution in [3.8, 4) is 0 Å². The Morgan fingerprint density at radius 3 is 1.99 bits per heavy atom. The van der Waals surface area contributed by atoms with Crippen LogP contribution in [-0.4, -0.2) is 120 Å². The first-order valence-corrected chi connectivity index (χ1v) is 23.6. The van der Waals surface area contributed by atoms with Crippen LogP contribution in [0.1, 0.15) is 119 Å². The Hall–Kier alpha value is -5.78. The number of hydrogen-bond donors (Lipinski definition) is 1. The summed E-state index contributed by atoms with van der Waals surface area (Å²) >= 11 is 0. The summed E-state index contributed by atoms with van der Waals surface area (Å²) in [5, 5.41) is 14.0. The van der Waals surface area contributed by atoms with Crippen LogP contribution in [0, 0.1) is 16.7 Å². The lowest BCUT2D eigenvalue weighted by atomic mass is 9.44. The molecule has 12 atom stereocenters. The van der Waals surface area contributed by atoms with Gasteiger partial charge in [0, 0.05) is 50.5 Å². The summed E-state index contributed by atoms with van der Waals surface area (Å²) in [7, 11) is 2.82. The van der Waals surface area contributed by atoms with Gasteiger partial charge in [-0.2, -0.15) is 0 Å². The molecule has 16 nitrogen and oxygen atoms in total. The molecule has 8 rings (SSSR count). The van der Waals surface area contributed by atoms with E-state index in [4.69, 9.17) is 37.9 Å². The molecule has 2 bridgehead atoms. The van der Waals surface area contributed by atoms with Gasteiger partial charge >= 0.3 is 24.0 Å². The number of ether oxygens (including phenoxy) is 8. The number of nitrogens with zero attached hydrogens (tertiary/aromatic N) is 1. The standard InChI is InChI=1S/C54H63NO15/c1-29-36(66-48(60)42-40(33-18-14-12-15-19-33)55(49(61)70-50(4,5)6)46(67-42)34-24-22-32(23-25-34)30(2)56)27-54(62)45(68-47(59)35-20-16-13-17-21-35)43-52(9,44(58)41(64-11)39(29)51(54,7)8)37(63-10)26-38-53(43,28-65-38)69-31(3)57/h12-25,36-38,40-43,45-46,62H,26-28H2,1-11H3/t36-,37-,38+,40-,41+,42+,43-,45-,46?,52+,53-,54+/m0/s1. The lowest BCUT2D eigenvalue weighted by molar-refractivity contribution is -0.347. The zero-order valence-electron chi connectivity index (χ0n) is 41.5. The fourth-order valence-corrected chi connectivity index (χ4v) is 11.9. The second kappa shape index (κ2) is 18.4. The number of carbonyl (C=O) groups excluding carboxylic acids is 6. The molecule has 3 aromatic rings. The molecule has 0 spiro atoms. The van der Waals surface area contributed by atoms with E-state index in [2.05, 4.69) is 0 Å². The van der Waals surface area contributed by atoms with Gasteiger partial charge < -0.3 is 43.0 Å². The van der Waals surface area contributed by atoms with Crippen molar-refractivity contribution in [2.24, 2.45) is 16.7 Å². The summed E-state index contributed by atoms with van der Waals surface area (Å²) in [4.78, 5) is 86.9. The minimum absolute atomic E-state index is 0.116. The van der Waals surface area contributed by atoms with Crippen LogP contribution >= 0.6 is 0 Å². The average molecular weight is 966 g/mol. The summed E-state index contributed by atoms with van der Waals surface area (Å²) in [6.07, 6.45) is -9.96. The van der Waals surface area contributed by atoms with Crippen LogP contribution in [0.2, 0.25) is 0 Å². The van der Waals surface area contributed by atoms with E-state index >= 15 is 9.59 Å². The fourth-order valence-electron chi connectivity index (χ4n) is 11.9. The second-order valence-corrected chi connectivity index (χ2v) is 20.8. The quantitative estimate of drug-likeness (QED) is 0.0924. The maximum Gasteiger partial charge on any atom is 0.413 e. The normalized spacial score (nSPS) is 33.3. The molecule has 70 heavy (non-hydrogen) atoms. The van der Waals surface area contributed by atoms with Gasteiger partial charge in [-0.3, -0.25) is 19.3 Å². The second-order valence-electron chi connectivity index (χ2n) is 20.8. The molecule has 0 radical (unpaired) electrons. The van der Waals surface area contributed by atoms with Gasteiger partial charge in [0.2, 0.25) is 0 Å². The van der Waals surface area contributed by atoms with E-state index in [0.717, 1.165) is 0 Å². The number of amides is 1. The summed E-state index contributed by atoms with van der Waals surface area (Å²) in [6, 6.07) is 22.3. The van der Waals surface area contributed by atoms with Crippen molar-refractivity contribution in [2.75, 3.05) is 20.8 Å². The first-order valence-electron chi connectivity index (χ1n) is 23.6. The zero-order valence-corrected chi connectivity index (χ0v) is 41.5. The highest BCUT2D eigenvalue weighted by Gasteiger charge is 2.78. The number of carbonyl (C=O) groups is 6. The van der Waals surface area contributed by atoms with Crippen molar-refractivity contribution in [2.45, 2.75) is 141 Å². The van der Waals surface area contributed by atoms with Crippen LogP contribution in [0.5, 0.6) is 0 Å². The van der Waals surface area contributed by atoms with E-state index in [0.29, 0.717) is 22.3 Å². The average Bonchev–Trinajstić information content (AvgIpc) is 3.72. The zero-order chi connectivity index (χ0) is 50.9.